The molecule has 0 saturated carbocycles. The van der Waals surface area contributed by atoms with Crippen LogP contribution in [0.5, 0.6) is 5.75 Å². The zero-order valence-electron chi connectivity index (χ0n) is 16.6. The lowest BCUT2D eigenvalue weighted by molar-refractivity contribution is 0.0920. The first kappa shape index (κ1) is 22.5. The van der Waals surface area contributed by atoms with Gasteiger partial charge in [0.15, 0.2) is 5.76 Å². The molecule has 0 fully saturated rings. The Morgan fingerprint density at radius 3 is 2.34 bits per heavy atom. The summed E-state index contributed by atoms with van der Waals surface area (Å²) in [7, 11) is 0. The molecule has 0 aliphatic carbocycles. The van der Waals surface area contributed by atoms with Gasteiger partial charge < -0.3 is 20.2 Å². The molecule has 0 bridgehead atoms. The van der Waals surface area contributed by atoms with E-state index in [9.17, 15) is 4.79 Å². The lowest BCUT2D eigenvalue weighted by Crippen LogP contribution is -2.32. The van der Waals surface area contributed by atoms with Gasteiger partial charge in [-0.15, -0.1) is 12.4 Å². The molecule has 29 heavy (non-hydrogen) atoms. The normalized spacial score (nSPS) is 11.6. The molecule has 0 aliphatic rings. The number of benzene rings is 2. The molecule has 1 unspecified atom stereocenters. The molecule has 6 heteroatoms. The Hall–Kier alpha value is -2.76. The van der Waals surface area contributed by atoms with E-state index in [1.54, 1.807) is 6.07 Å². The summed E-state index contributed by atoms with van der Waals surface area (Å²) in [6.07, 6.45) is 1.49. The van der Waals surface area contributed by atoms with E-state index in [0.29, 0.717) is 18.0 Å². The van der Waals surface area contributed by atoms with Crippen molar-refractivity contribution in [3.05, 3.63) is 89.4 Å². The molecule has 1 atom stereocenters. The van der Waals surface area contributed by atoms with Crippen molar-refractivity contribution in [3.8, 4) is 5.75 Å². The van der Waals surface area contributed by atoms with Crippen LogP contribution in [-0.4, -0.2) is 12.5 Å². The maximum absolute atomic E-state index is 12.5. The Bertz CT molecular complexity index is 892. The van der Waals surface area contributed by atoms with Crippen molar-refractivity contribution in [1.82, 2.24) is 5.32 Å². The number of hydrogen-bond donors (Lipinski definition) is 2. The third-order valence-electron chi connectivity index (χ3n) is 4.60. The van der Waals surface area contributed by atoms with Crippen LogP contribution in [0.3, 0.4) is 0 Å². The van der Waals surface area contributed by atoms with Gasteiger partial charge in [-0.2, -0.15) is 0 Å². The van der Waals surface area contributed by atoms with Crippen LogP contribution in [0, 0.1) is 0 Å². The summed E-state index contributed by atoms with van der Waals surface area (Å²) in [4.78, 5) is 12.5. The third kappa shape index (κ3) is 6.11. The number of para-hydroxylation sites is 1. The first-order chi connectivity index (χ1) is 13.5. The Morgan fingerprint density at radius 1 is 1.03 bits per heavy atom. The quantitative estimate of drug-likeness (QED) is 0.553. The van der Waals surface area contributed by atoms with E-state index < -0.39 is 0 Å². The van der Waals surface area contributed by atoms with E-state index in [-0.39, 0.29) is 36.7 Å². The van der Waals surface area contributed by atoms with Crippen molar-refractivity contribution in [1.29, 1.82) is 0 Å². The van der Waals surface area contributed by atoms with Crippen LogP contribution in [0.25, 0.3) is 0 Å². The standard InChI is InChI=1S/C23H26N2O3.ClH/c1-16(2)17-8-10-18(11-9-17)21(24)14-25-23(26)22-19(12-13-27-22)15-28-20-6-4-3-5-7-20;/h3-13,16,21H,14-15,24H2,1-2H3,(H,25,26);1H. The maximum atomic E-state index is 12.5. The van der Waals surface area contributed by atoms with E-state index in [1.807, 2.05) is 42.5 Å². The molecule has 154 valence electrons. The molecule has 0 saturated heterocycles. The summed E-state index contributed by atoms with van der Waals surface area (Å²) in [6.45, 7) is 4.88. The minimum atomic E-state index is -0.300. The van der Waals surface area contributed by atoms with Crippen molar-refractivity contribution in [2.45, 2.75) is 32.4 Å². The number of hydrogen-bond acceptors (Lipinski definition) is 4. The number of rotatable bonds is 8. The highest BCUT2D eigenvalue weighted by Crippen LogP contribution is 2.18. The fraction of sp³-hybridized carbons (Fsp3) is 0.261. The van der Waals surface area contributed by atoms with Gasteiger partial charge in [0.25, 0.3) is 5.91 Å². The summed E-state index contributed by atoms with van der Waals surface area (Å²) < 4.78 is 11.1. The Balaban J connectivity index is 0.00000300. The second kappa shape index (κ2) is 10.7. The summed E-state index contributed by atoms with van der Waals surface area (Å²) in [6, 6.07) is 19.1. The highest BCUT2D eigenvalue weighted by Gasteiger charge is 2.17. The van der Waals surface area contributed by atoms with Crippen LogP contribution in [-0.2, 0) is 6.61 Å². The molecule has 1 heterocycles. The number of carbonyl (C=O) groups excluding carboxylic acids is 1. The summed E-state index contributed by atoms with van der Waals surface area (Å²) >= 11 is 0. The Morgan fingerprint density at radius 2 is 1.69 bits per heavy atom. The summed E-state index contributed by atoms with van der Waals surface area (Å²) in [5, 5.41) is 2.85. The zero-order chi connectivity index (χ0) is 19.9. The Kier molecular flexibility index (Phi) is 8.31. The van der Waals surface area contributed by atoms with Crippen molar-refractivity contribution in [2.24, 2.45) is 5.73 Å². The van der Waals surface area contributed by atoms with Crippen molar-refractivity contribution in [2.75, 3.05) is 6.54 Å². The predicted molar refractivity (Wildman–Crippen MR) is 117 cm³/mol. The second-order valence-corrected chi connectivity index (χ2v) is 7.01. The van der Waals surface area contributed by atoms with E-state index >= 15 is 0 Å². The minimum Gasteiger partial charge on any atom is -0.489 e. The second-order valence-electron chi connectivity index (χ2n) is 7.01. The van der Waals surface area contributed by atoms with Gasteiger partial charge >= 0.3 is 0 Å². The van der Waals surface area contributed by atoms with E-state index in [2.05, 4.69) is 31.3 Å². The molecule has 5 nitrogen and oxygen atoms in total. The van der Waals surface area contributed by atoms with Crippen LogP contribution in [0.15, 0.2) is 71.3 Å². The number of halogens is 1. The molecular weight excluding hydrogens is 388 g/mol. The van der Waals surface area contributed by atoms with Crippen LogP contribution in [0.4, 0.5) is 0 Å². The first-order valence-electron chi connectivity index (χ1n) is 9.42. The monoisotopic (exact) mass is 414 g/mol. The Labute approximate surface area is 177 Å². The topological polar surface area (TPSA) is 77.5 Å². The first-order valence-corrected chi connectivity index (χ1v) is 9.42. The lowest BCUT2D eigenvalue weighted by Gasteiger charge is -2.14. The van der Waals surface area contributed by atoms with Gasteiger partial charge in [0.2, 0.25) is 0 Å². The number of carbonyl (C=O) groups is 1. The zero-order valence-corrected chi connectivity index (χ0v) is 17.4. The molecule has 1 aromatic heterocycles. The molecule has 2 aromatic carbocycles. The van der Waals surface area contributed by atoms with Crippen LogP contribution in [0.1, 0.15) is 53.1 Å². The highest BCUT2D eigenvalue weighted by atomic mass is 35.5. The van der Waals surface area contributed by atoms with Gasteiger partial charge in [-0.3, -0.25) is 4.79 Å². The SMILES string of the molecule is CC(C)c1ccc(C(N)CNC(=O)c2occc2COc2ccccc2)cc1.Cl. The highest BCUT2D eigenvalue weighted by molar-refractivity contribution is 5.92. The predicted octanol–water partition coefficient (Wildman–Crippen LogP) is 4.83. The van der Waals surface area contributed by atoms with E-state index in [4.69, 9.17) is 14.9 Å². The van der Waals surface area contributed by atoms with Gasteiger partial charge in [-0.1, -0.05) is 56.3 Å². The molecule has 0 spiro atoms. The van der Waals surface area contributed by atoms with Gasteiger partial charge in [0.05, 0.1) is 6.26 Å². The van der Waals surface area contributed by atoms with Gasteiger partial charge in [0.1, 0.15) is 12.4 Å². The van der Waals surface area contributed by atoms with Crippen LogP contribution < -0.4 is 15.8 Å². The average molecular weight is 415 g/mol. The summed E-state index contributed by atoms with van der Waals surface area (Å²) in [5.74, 6) is 1.16. The fourth-order valence-electron chi connectivity index (χ4n) is 2.86. The largest absolute Gasteiger partial charge is 0.489 e. The maximum Gasteiger partial charge on any atom is 0.287 e. The lowest BCUT2D eigenvalue weighted by atomic mass is 9.99. The number of nitrogens with one attached hydrogen (secondary N) is 1. The van der Waals surface area contributed by atoms with Gasteiger partial charge in [-0.25, -0.2) is 0 Å². The molecular formula is C23H27ClN2O3. The minimum absolute atomic E-state index is 0. The van der Waals surface area contributed by atoms with Gasteiger partial charge in [-0.05, 0) is 35.2 Å². The van der Waals surface area contributed by atoms with Gasteiger partial charge in [0, 0.05) is 18.2 Å². The summed E-state index contributed by atoms with van der Waals surface area (Å²) in [5.41, 5.74) is 9.16. The van der Waals surface area contributed by atoms with Crippen LogP contribution >= 0.6 is 12.4 Å². The molecule has 0 aliphatic heterocycles. The molecule has 3 rings (SSSR count). The molecule has 0 radical (unpaired) electrons. The smallest absolute Gasteiger partial charge is 0.287 e. The fourth-order valence-corrected chi connectivity index (χ4v) is 2.86. The number of ether oxygens (including phenoxy) is 1. The van der Waals surface area contributed by atoms with E-state index in [0.717, 1.165) is 11.3 Å². The van der Waals surface area contributed by atoms with Crippen molar-refractivity contribution in [3.63, 3.8) is 0 Å². The number of amides is 1. The molecule has 1 amide bonds. The number of furan rings is 1. The number of nitrogens with two attached hydrogens (primary N) is 1. The third-order valence-corrected chi connectivity index (χ3v) is 4.60. The van der Waals surface area contributed by atoms with Crippen molar-refractivity contribution >= 4 is 18.3 Å². The average Bonchev–Trinajstić information content (AvgIpc) is 3.20. The van der Waals surface area contributed by atoms with E-state index in [1.165, 1.54) is 11.8 Å². The van der Waals surface area contributed by atoms with Crippen molar-refractivity contribution < 1.29 is 13.9 Å². The molecule has 3 N–H and O–H groups in total. The van der Waals surface area contributed by atoms with Crippen LogP contribution in [0.2, 0.25) is 0 Å². The molecule has 3 aromatic rings.